The van der Waals surface area contributed by atoms with E-state index in [1.54, 1.807) is 30.5 Å². The fourth-order valence-corrected chi connectivity index (χ4v) is 3.15. The second-order valence-electron chi connectivity index (χ2n) is 6.57. The molecule has 0 saturated carbocycles. The van der Waals surface area contributed by atoms with Crippen molar-refractivity contribution in [2.45, 2.75) is 13.0 Å². The summed E-state index contributed by atoms with van der Waals surface area (Å²) in [4.78, 5) is 17.1. The molecule has 0 spiro atoms. The van der Waals surface area contributed by atoms with Crippen molar-refractivity contribution in [1.82, 2.24) is 20.3 Å². The maximum absolute atomic E-state index is 9.40. The molecule has 0 saturated heterocycles. The SMILES string of the molecule is Cc1cncc(Oc2ccc(C3N=C(NC#N)Nc4nc(N)c(C#N)c(N)c43)cc2)n1. The molecule has 152 valence electrons. The first-order valence-corrected chi connectivity index (χ1v) is 9.05. The van der Waals surface area contributed by atoms with Crippen molar-refractivity contribution in [2.24, 2.45) is 4.99 Å². The third kappa shape index (κ3) is 3.71. The molecule has 1 aliphatic rings. The molecule has 4 rings (SSSR count). The Bertz CT molecular complexity index is 1270. The number of aryl methyl sites for hydroxylation is 1. The van der Waals surface area contributed by atoms with E-state index in [1.165, 1.54) is 6.20 Å². The van der Waals surface area contributed by atoms with Crippen molar-refractivity contribution < 1.29 is 4.74 Å². The number of nitrogens with two attached hydrogens (primary N) is 2. The van der Waals surface area contributed by atoms with Crippen LogP contribution in [0.4, 0.5) is 17.3 Å². The molecule has 3 aromatic rings. The van der Waals surface area contributed by atoms with Crippen molar-refractivity contribution in [1.29, 1.82) is 10.5 Å². The van der Waals surface area contributed by atoms with Crippen LogP contribution in [-0.2, 0) is 0 Å². The van der Waals surface area contributed by atoms with Gasteiger partial charge in [0.1, 0.15) is 35.1 Å². The van der Waals surface area contributed by atoms with Crippen LogP contribution >= 0.6 is 0 Å². The van der Waals surface area contributed by atoms with Gasteiger partial charge in [-0.1, -0.05) is 12.1 Å². The van der Waals surface area contributed by atoms with E-state index < -0.39 is 6.04 Å². The third-order valence-corrected chi connectivity index (χ3v) is 4.51. The summed E-state index contributed by atoms with van der Waals surface area (Å²) in [7, 11) is 0. The summed E-state index contributed by atoms with van der Waals surface area (Å²) < 4.78 is 5.73. The summed E-state index contributed by atoms with van der Waals surface area (Å²) in [5.41, 5.74) is 14.3. The van der Waals surface area contributed by atoms with Crippen molar-refractivity contribution in [3.8, 4) is 23.9 Å². The molecule has 1 atom stereocenters. The Balaban J connectivity index is 1.73. The molecule has 0 aliphatic carbocycles. The minimum absolute atomic E-state index is 0.00813. The predicted octanol–water partition coefficient (Wildman–Crippen LogP) is 1.95. The van der Waals surface area contributed by atoms with Crippen LogP contribution in [0.3, 0.4) is 0 Å². The van der Waals surface area contributed by atoms with Gasteiger partial charge in [-0.3, -0.25) is 10.3 Å². The Kier molecular flexibility index (Phi) is 4.92. The zero-order valence-corrected chi connectivity index (χ0v) is 16.3. The smallest absolute Gasteiger partial charge is 0.238 e. The number of hydrogen-bond donors (Lipinski definition) is 4. The quantitative estimate of drug-likeness (QED) is 0.366. The summed E-state index contributed by atoms with van der Waals surface area (Å²) in [5, 5.41) is 23.7. The van der Waals surface area contributed by atoms with E-state index in [4.69, 9.17) is 21.5 Å². The molecule has 1 unspecified atom stereocenters. The molecule has 11 nitrogen and oxygen atoms in total. The lowest BCUT2D eigenvalue weighted by molar-refractivity contribution is 0.458. The fourth-order valence-electron chi connectivity index (χ4n) is 3.15. The lowest BCUT2D eigenvalue weighted by Gasteiger charge is -2.26. The highest BCUT2D eigenvalue weighted by Gasteiger charge is 2.29. The van der Waals surface area contributed by atoms with Gasteiger partial charge in [0.15, 0.2) is 6.19 Å². The standard InChI is InChI=1S/C20H16N10O/c1-10-7-25-8-14(27-10)31-12-4-2-11(3-5-12)17-15-16(23)13(6-21)18(24)29-19(15)30-20(28-17)26-9-22/h2-5,7-8,17H,1H3,(H6,23,24,26,28,29,30). The monoisotopic (exact) mass is 412 g/mol. The van der Waals surface area contributed by atoms with Crippen molar-refractivity contribution in [3.63, 3.8) is 0 Å². The minimum atomic E-state index is -0.625. The van der Waals surface area contributed by atoms with Crippen molar-refractivity contribution in [3.05, 3.63) is 59.0 Å². The topological polar surface area (TPSA) is 184 Å². The van der Waals surface area contributed by atoms with Gasteiger partial charge in [0.05, 0.1) is 17.6 Å². The van der Waals surface area contributed by atoms with E-state index in [0.29, 0.717) is 23.0 Å². The third-order valence-electron chi connectivity index (χ3n) is 4.51. The van der Waals surface area contributed by atoms with Gasteiger partial charge in [0, 0.05) is 11.8 Å². The van der Waals surface area contributed by atoms with Crippen molar-refractivity contribution in [2.75, 3.05) is 16.8 Å². The van der Waals surface area contributed by atoms with Crippen LogP contribution in [0, 0.1) is 29.7 Å². The van der Waals surface area contributed by atoms with Gasteiger partial charge in [0.2, 0.25) is 11.8 Å². The van der Waals surface area contributed by atoms with E-state index in [2.05, 4.69) is 30.6 Å². The lowest BCUT2D eigenvalue weighted by Crippen LogP contribution is -2.32. The molecule has 6 N–H and O–H groups in total. The number of nitrogen functional groups attached to an aromatic ring is 2. The number of anilines is 3. The fraction of sp³-hybridized carbons (Fsp3) is 0.100. The van der Waals surface area contributed by atoms with Gasteiger partial charge in [0.25, 0.3) is 0 Å². The number of pyridine rings is 1. The summed E-state index contributed by atoms with van der Waals surface area (Å²) in [6.07, 6.45) is 4.97. The van der Waals surface area contributed by atoms with Crippen LogP contribution < -0.4 is 26.8 Å². The molecule has 11 heteroatoms. The first-order valence-electron chi connectivity index (χ1n) is 9.05. The number of aromatic nitrogens is 3. The Morgan fingerprint density at radius 1 is 1.13 bits per heavy atom. The number of nitrogens with zero attached hydrogens (tertiary/aromatic N) is 6. The van der Waals surface area contributed by atoms with Crippen molar-refractivity contribution >= 4 is 23.3 Å². The summed E-state index contributed by atoms with van der Waals surface area (Å²) in [5.74, 6) is 1.43. The zero-order valence-electron chi connectivity index (χ0n) is 16.3. The van der Waals surface area contributed by atoms with Crippen LogP contribution in [-0.4, -0.2) is 20.9 Å². The molecule has 0 amide bonds. The number of ether oxygens (including phenoxy) is 1. The first kappa shape index (κ1) is 19.4. The number of rotatable bonds is 3. The Morgan fingerprint density at radius 2 is 1.90 bits per heavy atom. The number of nitrogens with one attached hydrogen (secondary N) is 2. The maximum atomic E-state index is 9.40. The number of hydrogen-bond acceptors (Lipinski definition) is 11. The second kappa shape index (κ2) is 7.85. The second-order valence-corrected chi connectivity index (χ2v) is 6.57. The Labute approximate surface area is 177 Å². The molecular formula is C20H16N10O. The lowest BCUT2D eigenvalue weighted by atomic mass is 9.95. The van der Waals surface area contributed by atoms with Crippen LogP contribution in [0.25, 0.3) is 0 Å². The normalized spacial score (nSPS) is 14.3. The van der Waals surface area contributed by atoms with Gasteiger partial charge in [-0.2, -0.15) is 10.5 Å². The Hall–Kier alpha value is -4.90. The highest BCUT2D eigenvalue weighted by molar-refractivity contribution is 5.98. The van der Waals surface area contributed by atoms with Gasteiger partial charge < -0.3 is 21.5 Å². The summed E-state index contributed by atoms with van der Waals surface area (Å²) in [6.45, 7) is 1.82. The van der Waals surface area contributed by atoms with Crippen LogP contribution in [0.5, 0.6) is 11.6 Å². The molecule has 1 aromatic carbocycles. The van der Waals surface area contributed by atoms with E-state index in [9.17, 15) is 5.26 Å². The number of nitriles is 2. The van der Waals surface area contributed by atoms with E-state index in [-0.39, 0.29) is 23.0 Å². The van der Waals surface area contributed by atoms with Gasteiger partial charge >= 0.3 is 0 Å². The number of fused-ring (bicyclic) bond motifs is 1. The van der Waals surface area contributed by atoms with Crippen LogP contribution in [0.1, 0.15) is 28.4 Å². The van der Waals surface area contributed by atoms with Crippen LogP contribution in [0.2, 0.25) is 0 Å². The molecule has 2 aromatic heterocycles. The predicted molar refractivity (Wildman–Crippen MR) is 113 cm³/mol. The number of guanidine groups is 1. The van der Waals surface area contributed by atoms with Gasteiger partial charge in [-0.15, -0.1) is 0 Å². The van der Waals surface area contributed by atoms with Crippen LogP contribution in [0.15, 0.2) is 41.7 Å². The molecular weight excluding hydrogens is 396 g/mol. The molecule has 1 aliphatic heterocycles. The first-order chi connectivity index (χ1) is 15.0. The van der Waals surface area contributed by atoms with Gasteiger partial charge in [-0.05, 0) is 24.6 Å². The molecule has 0 bridgehead atoms. The van der Waals surface area contributed by atoms with E-state index in [1.807, 2.05) is 19.2 Å². The average Bonchev–Trinajstić information content (AvgIpc) is 2.74. The Morgan fingerprint density at radius 3 is 2.58 bits per heavy atom. The molecule has 0 fully saturated rings. The zero-order chi connectivity index (χ0) is 22.0. The minimum Gasteiger partial charge on any atom is -0.437 e. The maximum Gasteiger partial charge on any atom is 0.238 e. The number of benzene rings is 1. The molecule has 0 radical (unpaired) electrons. The largest absolute Gasteiger partial charge is 0.437 e. The summed E-state index contributed by atoms with van der Waals surface area (Å²) in [6, 6.07) is 8.45. The van der Waals surface area contributed by atoms with Gasteiger partial charge in [-0.25, -0.2) is 15.0 Å². The molecule has 3 heterocycles. The summed E-state index contributed by atoms with van der Waals surface area (Å²) >= 11 is 0. The molecule has 31 heavy (non-hydrogen) atoms. The highest BCUT2D eigenvalue weighted by Crippen LogP contribution is 2.40. The average molecular weight is 412 g/mol. The number of aliphatic imine (C=N–C) groups is 1. The van der Waals surface area contributed by atoms with E-state index >= 15 is 0 Å². The highest BCUT2D eigenvalue weighted by atomic mass is 16.5. The van der Waals surface area contributed by atoms with E-state index in [0.717, 1.165) is 11.3 Å².